The second kappa shape index (κ2) is 6.98. The van der Waals surface area contributed by atoms with Gasteiger partial charge in [-0.3, -0.25) is 5.32 Å². The molecule has 0 bridgehead atoms. The number of hydrogen-bond acceptors (Lipinski definition) is 3. The number of H-pyrrole nitrogens is 1. The highest BCUT2D eigenvalue weighted by atomic mass is 79.9. The lowest BCUT2D eigenvalue weighted by atomic mass is 10.2. The van der Waals surface area contributed by atoms with Crippen LogP contribution in [0.4, 0.5) is 5.95 Å². The molecule has 0 aromatic carbocycles. The predicted molar refractivity (Wildman–Crippen MR) is 86.5 cm³/mol. The number of thioether (sulfide) groups is 1. The summed E-state index contributed by atoms with van der Waals surface area (Å²) in [6.45, 7) is 6.19. The van der Waals surface area contributed by atoms with E-state index in [1.807, 2.05) is 11.8 Å². The molecule has 2 rings (SSSR count). The van der Waals surface area contributed by atoms with E-state index in [1.54, 1.807) is 0 Å². The second-order valence-corrected chi connectivity index (χ2v) is 9.62. The second-order valence-electron chi connectivity index (χ2n) is 5.03. The van der Waals surface area contributed by atoms with E-state index < -0.39 is 0 Å². The third-order valence-electron chi connectivity index (χ3n) is 2.77. The fourth-order valence-corrected chi connectivity index (χ4v) is 3.55. The lowest BCUT2D eigenvalue weighted by molar-refractivity contribution is -0.715. The smallest absolute Gasteiger partial charge is 0.343 e. The molecule has 0 fully saturated rings. The molecule has 2 N–H and O–H groups in total. The highest BCUT2D eigenvalue weighted by Gasteiger charge is 2.40. The van der Waals surface area contributed by atoms with Crippen molar-refractivity contribution in [3.8, 4) is 0 Å². The highest BCUT2D eigenvalue weighted by molar-refractivity contribution is 9.12. The number of nitrogens with zero attached hydrogens (tertiary/aromatic N) is 2. The Morgan fingerprint density at radius 1 is 1.58 bits per heavy atom. The van der Waals surface area contributed by atoms with Gasteiger partial charge in [0.15, 0.2) is 0 Å². The first-order valence-electron chi connectivity index (χ1n) is 5.61. The average molecular weight is 544 g/mol. The van der Waals surface area contributed by atoms with Crippen molar-refractivity contribution < 1.29 is 21.5 Å². The lowest BCUT2D eigenvalue weighted by Gasteiger charge is -2.18. The number of aromatic nitrogens is 3. The fourth-order valence-electron chi connectivity index (χ4n) is 1.65. The largest absolute Gasteiger partial charge is 1.00 e. The van der Waals surface area contributed by atoms with Crippen LogP contribution in [0.3, 0.4) is 0 Å². The first-order valence-corrected chi connectivity index (χ1v) is 9.46. The van der Waals surface area contributed by atoms with Crippen molar-refractivity contribution in [3.63, 3.8) is 0 Å². The molecule has 0 amide bonds. The van der Waals surface area contributed by atoms with Gasteiger partial charge in [0.1, 0.15) is 0 Å². The molecule has 4 nitrogen and oxygen atoms in total. The van der Waals surface area contributed by atoms with Crippen LogP contribution in [0.15, 0.2) is 5.16 Å². The molecule has 0 spiro atoms. The fraction of sp³-hybridized carbons (Fsp3) is 0.800. The van der Waals surface area contributed by atoms with Gasteiger partial charge < -0.3 is 17.0 Å². The molecular weight excluding hydrogens is 528 g/mol. The Morgan fingerprint density at radius 2 is 2.26 bits per heavy atom. The van der Waals surface area contributed by atoms with Crippen molar-refractivity contribution in [2.75, 3.05) is 22.5 Å². The van der Waals surface area contributed by atoms with Crippen LogP contribution in [-0.4, -0.2) is 36.5 Å². The Bertz CT molecular complexity index is 439. The minimum atomic E-state index is 0. The van der Waals surface area contributed by atoms with Gasteiger partial charge in [-0.1, -0.05) is 47.8 Å². The van der Waals surface area contributed by atoms with Crippen LogP contribution >= 0.6 is 59.6 Å². The molecular formula is C10H16Br4N4S. The Balaban J connectivity index is 0.00000180. The maximum absolute atomic E-state index is 4.36. The first-order chi connectivity index (χ1) is 8.39. The summed E-state index contributed by atoms with van der Waals surface area (Å²) in [5, 5.41) is 13.7. The van der Waals surface area contributed by atoms with Crippen molar-refractivity contribution in [1.29, 1.82) is 0 Å². The van der Waals surface area contributed by atoms with Crippen LogP contribution in [0.5, 0.6) is 0 Å². The molecule has 0 saturated heterocycles. The van der Waals surface area contributed by atoms with Crippen LogP contribution in [0.1, 0.15) is 13.8 Å². The summed E-state index contributed by atoms with van der Waals surface area (Å²) in [5.74, 6) is 0.980. The van der Waals surface area contributed by atoms with Crippen LogP contribution in [-0.2, 0) is 6.54 Å². The van der Waals surface area contributed by atoms with Gasteiger partial charge in [0.25, 0.3) is 0 Å². The summed E-state index contributed by atoms with van der Waals surface area (Å²) in [5.41, 5.74) is 0. The summed E-state index contributed by atoms with van der Waals surface area (Å²) in [6, 6.07) is 0. The molecule has 9 heteroatoms. The molecule has 1 aromatic heterocycles. The summed E-state index contributed by atoms with van der Waals surface area (Å²) >= 11 is 12.6. The van der Waals surface area contributed by atoms with E-state index in [1.165, 1.54) is 0 Å². The quantitative estimate of drug-likeness (QED) is 0.404. The standard InChI is InChI=1S/C10H15Br3N4S.BrH/c1-9(13,3-11)5-14-7-15-16-8-17(7)6-10(2,4-12)18-8;/h3-6H2,1-2H3,(H,14,15);1H. The Hall–Kier alpha value is 1.21. The third kappa shape index (κ3) is 4.34. The van der Waals surface area contributed by atoms with E-state index in [2.05, 4.69) is 81.7 Å². The number of anilines is 1. The van der Waals surface area contributed by atoms with Gasteiger partial charge in [-0.15, -0.1) is 5.10 Å². The molecule has 19 heavy (non-hydrogen) atoms. The zero-order valence-electron chi connectivity index (χ0n) is 10.6. The number of alkyl halides is 3. The van der Waals surface area contributed by atoms with Crippen molar-refractivity contribution in [1.82, 2.24) is 10.2 Å². The van der Waals surface area contributed by atoms with Gasteiger partial charge in [0.05, 0.1) is 22.2 Å². The monoisotopic (exact) mass is 540 g/mol. The van der Waals surface area contributed by atoms with Crippen LogP contribution < -0.4 is 26.9 Å². The number of fused-ring (bicyclic) bond motifs is 1. The average Bonchev–Trinajstić information content (AvgIpc) is 2.84. The van der Waals surface area contributed by atoms with E-state index in [9.17, 15) is 0 Å². The van der Waals surface area contributed by atoms with E-state index >= 15 is 0 Å². The first kappa shape index (κ1) is 18.3. The topological polar surface area (TPSA) is 44.6 Å². The van der Waals surface area contributed by atoms with Crippen LogP contribution in [0.2, 0.25) is 0 Å². The maximum atomic E-state index is 4.36. The number of hydrogen-bond donors (Lipinski definition) is 2. The Kier molecular flexibility index (Phi) is 6.71. The van der Waals surface area contributed by atoms with Crippen molar-refractivity contribution in [2.24, 2.45) is 0 Å². The zero-order valence-corrected chi connectivity index (χ0v) is 17.8. The molecule has 0 radical (unpaired) electrons. The van der Waals surface area contributed by atoms with E-state index in [0.717, 1.165) is 34.9 Å². The number of nitrogens with one attached hydrogen (secondary N) is 2. The minimum absolute atomic E-state index is 0. The normalized spacial score (nSPS) is 24.5. The van der Waals surface area contributed by atoms with Crippen molar-refractivity contribution in [2.45, 2.75) is 34.6 Å². The summed E-state index contributed by atoms with van der Waals surface area (Å²) < 4.78 is 2.44. The molecule has 2 unspecified atom stereocenters. The van der Waals surface area contributed by atoms with Gasteiger partial charge >= 0.3 is 11.1 Å². The Morgan fingerprint density at radius 3 is 2.84 bits per heavy atom. The molecule has 110 valence electrons. The predicted octanol–water partition coefficient (Wildman–Crippen LogP) is -0.0791. The molecule has 2 heterocycles. The highest BCUT2D eigenvalue weighted by Crippen LogP contribution is 2.37. The van der Waals surface area contributed by atoms with Crippen molar-refractivity contribution >= 4 is 65.5 Å². The summed E-state index contributed by atoms with van der Waals surface area (Å²) in [4.78, 5) is 0. The van der Waals surface area contributed by atoms with Gasteiger partial charge in [0.2, 0.25) is 0 Å². The molecule has 0 saturated carbocycles. The SMILES string of the molecule is CC(Br)(CBr)CNc1[nH]nc2[n+]1CC(C)(CBr)S2.[Br-]. The van der Waals surface area contributed by atoms with Crippen LogP contribution in [0.25, 0.3) is 0 Å². The van der Waals surface area contributed by atoms with Gasteiger partial charge in [0, 0.05) is 15.8 Å². The molecule has 1 aliphatic rings. The summed E-state index contributed by atoms with van der Waals surface area (Å²) in [7, 11) is 0. The molecule has 0 aliphatic carbocycles. The Labute approximate surface area is 153 Å². The van der Waals surface area contributed by atoms with E-state index in [-0.39, 0.29) is 26.1 Å². The number of rotatable bonds is 5. The minimum Gasteiger partial charge on any atom is -1.00 e. The molecule has 1 aliphatic heterocycles. The number of aromatic amines is 1. The number of halogens is 4. The third-order valence-corrected chi connectivity index (χ3v) is 8.19. The van der Waals surface area contributed by atoms with Crippen LogP contribution in [0, 0.1) is 0 Å². The zero-order chi connectivity index (χ0) is 13.4. The van der Waals surface area contributed by atoms with Gasteiger partial charge in [-0.25, -0.2) is 4.57 Å². The van der Waals surface area contributed by atoms with Gasteiger partial charge in [-0.2, -0.15) is 0 Å². The van der Waals surface area contributed by atoms with Gasteiger partial charge in [-0.05, 0) is 25.6 Å². The lowest BCUT2D eigenvalue weighted by Crippen LogP contribution is -3.00. The maximum Gasteiger partial charge on any atom is 0.343 e. The van der Waals surface area contributed by atoms with E-state index in [0.29, 0.717) is 0 Å². The molecule has 1 aromatic rings. The van der Waals surface area contributed by atoms with E-state index in [4.69, 9.17) is 0 Å². The summed E-state index contributed by atoms with van der Waals surface area (Å²) in [6.07, 6.45) is 0. The van der Waals surface area contributed by atoms with Crippen molar-refractivity contribution in [3.05, 3.63) is 0 Å². The molecule has 2 atom stereocenters.